The molecule has 0 aliphatic rings. The normalized spacial score (nSPS) is 11.0. The van der Waals surface area contributed by atoms with Crippen molar-refractivity contribution < 1.29 is 9.59 Å². The lowest BCUT2D eigenvalue weighted by Gasteiger charge is -2.13. The van der Waals surface area contributed by atoms with Gasteiger partial charge in [-0.15, -0.1) is 0 Å². The second-order valence-electron chi connectivity index (χ2n) is 6.43. The van der Waals surface area contributed by atoms with Gasteiger partial charge in [-0.2, -0.15) is 5.10 Å². The van der Waals surface area contributed by atoms with Gasteiger partial charge in [0.15, 0.2) is 0 Å². The first-order valence-corrected chi connectivity index (χ1v) is 8.55. The molecule has 0 saturated carbocycles. The summed E-state index contributed by atoms with van der Waals surface area (Å²) in [7, 11) is 3.15. The second kappa shape index (κ2) is 8.47. The molecule has 0 atom stereocenters. The lowest BCUT2D eigenvalue weighted by Crippen LogP contribution is -2.36. The van der Waals surface area contributed by atoms with Crippen LogP contribution >= 0.6 is 0 Å². The van der Waals surface area contributed by atoms with Gasteiger partial charge in [0.25, 0.3) is 0 Å². The Hall–Kier alpha value is -2.89. The summed E-state index contributed by atoms with van der Waals surface area (Å²) in [6.07, 6.45) is 3.25. The highest BCUT2D eigenvalue weighted by Gasteiger charge is 2.12. The van der Waals surface area contributed by atoms with Gasteiger partial charge in [0.05, 0.1) is 18.8 Å². The number of carbonyl (C=O) groups is 2. The molecule has 1 heterocycles. The monoisotopic (exact) mass is 354 g/mol. The Balaban J connectivity index is 2.12. The van der Waals surface area contributed by atoms with Crippen LogP contribution in [0.3, 0.4) is 0 Å². The van der Waals surface area contributed by atoms with Crippen LogP contribution in [0.15, 0.2) is 30.3 Å². The Morgan fingerprint density at radius 3 is 2.46 bits per heavy atom. The Bertz CT molecular complexity index is 819. The van der Waals surface area contributed by atoms with E-state index >= 15 is 0 Å². The van der Waals surface area contributed by atoms with Crippen LogP contribution in [0.25, 0.3) is 6.08 Å². The number of aryl methyl sites for hydroxylation is 2. The number of likely N-dealkylation sites (N-methyl/N-ethyl adjacent to an activating group) is 2. The predicted molar refractivity (Wildman–Crippen MR) is 103 cm³/mol. The van der Waals surface area contributed by atoms with E-state index in [0.717, 1.165) is 17.0 Å². The van der Waals surface area contributed by atoms with Crippen LogP contribution < -0.4 is 5.32 Å². The molecular weight excluding hydrogens is 328 g/mol. The predicted octanol–water partition coefficient (Wildman–Crippen LogP) is 2.07. The molecule has 0 spiro atoms. The summed E-state index contributed by atoms with van der Waals surface area (Å²) in [5.74, 6) is -0.425. The number of nitrogens with zero attached hydrogens (tertiary/aromatic N) is 3. The number of hydrogen-bond donors (Lipinski definition) is 1. The zero-order valence-electron chi connectivity index (χ0n) is 16.0. The van der Waals surface area contributed by atoms with Crippen molar-refractivity contribution in [2.45, 2.75) is 27.3 Å². The van der Waals surface area contributed by atoms with Crippen LogP contribution in [-0.2, 0) is 16.1 Å². The van der Waals surface area contributed by atoms with E-state index in [1.54, 1.807) is 20.2 Å². The summed E-state index contributed by atoms with van der Waals surface area (Å²) >= 11 is 0. The molecule has 0 aliphatic carbocycles. The van der Waals surface area contributed by atoms with Gasteiger partial charge in [0, 0.05) is 31.4 Å². The third-order valence-electron chi connectivity index (χ3n) is 4.32. The van der Waals surface area contributed by atoms with E-state index in [2.05, 4.69) is 41.6 Å². The van der Waals surface area contributed by atoms with Crippen LogP contribution in [0.1, 0.15) is 28.1 Å². The third-order valence-corrected chi connectivity index (χ3v) is 4.32. The van der Waals surface area contributed by atoms with E-state index < -0.39 is 0 Å². The molecule has 0 radical (unpaired) electrons. The summed E-state index contributed by atoms with van der Waals surface area (Å²) in [4.78, 5) is 24.9. The van der Waals surface area contributed by atoms with Crippen molar-refractivity contribution in [3.8, 4) is 0 Å². The van der Waals surface area contributed by atoms with Crippen molar-refractivity contribution in [3.63, 3.8) is 0 Å². The van der Waals surface area contributed by atoms with Crippen molar-refractivity contribution in [2.24, 2.45) is 0 Å². The molecule has 2 rings (SSSR count). The van der Waals surface area contributed by atoms with E-state index in [4.69, 9.17) is 0 Å². The van der Waals surface area contributed by atoms with Crippen molar-refractivity contribution in [1.82, 2.24) is 20.0 Å². The first kappa shape index (κ1) is 19.4. The van der Waals surface area contributed by atoms with Crippen LogP contribution in [0, 0.1) is 20.8 Å². The average Bonchev–Trinajstić information content (AvgIpc) is 2.88. The van der Waals surface area contributed by atoms with Gasteiger partial charge in [-0.3, -0.25) is 14.3 Å². The van der Waals surface area contributed by atoms with Gasteiger partial charge in [-0.05, 0) is 32.4 Å². The Labute approximate surface area is 154 Å². The van der Waals surface area contributed by atoms with Crippen molar-refractivity contribution >= 4 is 17.9 Å². The van der Waals surface area contributed by atoms with Crippen molar-refractivity contribution in [2.75, 3.05) is 20.6 Å². The molecule has 138 valence electrons. The molecule has 6 heteroatoms. The van der Waals surface area contributed by atoms with Gasteiger partial charge in [0.1, 0.15) is 0 Å². The van der Waals surface area contributed by atoms with Crippen LogP contribution in [0.2, 0.25) is 0 Å². The highest BCUT2D eigenvalue weighted by Crippen LogP contribution is 2.17. The summed E-state index contributed by atoms with van der Waals surface area (Å²) in [5.41, 5.74) is 5.20. The van der Waals surface area contributed by atoms with E-state index in [1.807, 2.05) is 18.5 Å². The number of rotatable bonds is 6. The first-order chi connectivity index (χ1) is 12.3. The van der Waals surface area contributed by atoms with E-state index in [1.165, 1.54) is 22.1 Å². The fourth-order valence-corrected chi connectivity index (χ4v) is 2.63. The maximum absolute atomic E-state index is 12.2. The number of aromatic nitrogens is 2. The van der Waals surface area contributed by atoms with Crippen LogP contribution in [-0.4, -0.2) is 47.1 Å². The topological polar surface area (TPSA) is 67.2 Å². The first-order valence-electron chi connectivity index (χ1n) is 8.55. The molecule has 0 aliphatic heterocycles. The van der Waals surface area contributed by atoms with Crippen molar-refractivity contribution in [3.05, 3.63) is 58.4 Å². The fourth-order valence-electron chi connectivity index (χ4n) is 2.63. The smallest absolute Gasteiger partial charge is 0.246 e. The second-order valence-corrected chi connectivity index (χ2v) is 6.43. The number of carbonyl (C=O) groups excluding carboxylic acids is 2. The number of nitrogens with one attached hydrogen (secondary N) is 1. The quantitative estimate of drug-likeness (QED) is 0.808. The minimum absolute atomic E-state index is 0.0321. The highest BCUT2D eigenvalue weighted by molar-refractivity contribution is 5.94. The Kier molecular flexibility index (Phi) is 6.33. The molecule has 0 bridgehead atoms. The van der Waals surface area contributed by atoms with Crippen LogP contribution in [0.5, 0.6) is 0 Å². The summed E-state index contributed by atoms with van der Waals surface area (Å²) in [6.45, 7) is 6.70. The SMILES string of the molecule is CNC(=O)CN(C)C(=O)C=Cc1c(C)nn(Cc2ccc(C)cc2)c1C. The molecule has 0 unspecified atom stereocenters. The zero-order valence-corrected chi connectivity index (χ0v) is 16.0. The molecular formula is C20H26N4O2. The molecule has 1 aromatic carbocycles. The molecule has 2 amide bonds. The summed E-state index contributed by atoms with van der Waals surface area (Å²) < 4.78 is 1.94. The molecule has 0 fully saturated rings. The summed E-state index contributed by atoms with van der Waals surface area (Å²) in [6, 6.07) is 8.36. The largest absolute Gasteiger partial charge is 0.358 e. The van der Waals surface area contributed by atoms with E-state index in [9.17, 15) is 9.59 Å². The van der Waals surface area contributed by atoms with Gasteiger partial charge in [0.2, 0.25) is 11.8 Å². The molecule has 2 aromatic rings. The third kappa shape index (κ3) is 4.81. The molecule has 1 aromatic heterocycles. The fraction of sp³-hybridized carbons (Fsp3) is 0.350. The minimum Gasteiger partial charge on any atom is -0.358 e. The number of hydrogen-bond acceptors (Lipinski definition) is 3. The van der Waals surface area contributed by atoms with Gasteiger partial charge in [-0.25, -0.2) is 0 Å². The van der Waals surface area contributed by atoms with E-state index in [-0.39, 0.29) is 18.4 Å². The molecule has 1 N–H and O–H groups in total. The highest BCUT2D eigenvalue weighted by atomic mass is 16.2. The maximum Gasteiger partial charge on any atom is 0.246 e. The average molecular weight is 354 g/mol. The lowest BCUT2D eigenvalue weighted by molar-refractivity contribution is -0.130. The molecule has 6 nitrogen and oxygen atoms in total. The lowest BCUT2D eigenvalue weighted by atomic mass is 10.1. The Morgan fingerprint density at radius 2 is 1.85 bits per heavy atom. The summed E-state index contributed by atoms with van der Waals surface area (Å²) in [5, 5.41) is 7.09. The van der Waals surface area contributed by atoms with E-state index in [0.29, 0.717) is 6.54 Å². The molecule has 0 saturated heterocycles. The van der Waals surface area contributed by atoms with Crippen LogP contribution in [0.4, 0.5) is 0 Å². The number of amides is 2. The van der Waals surface area contributed by atoms with Gasteiger partial charge < -0.3 is 10.2 Å². The number of benzene rings is 1. The van der Waals surface area contributed by atoms with Gasteiger partial charge in [-0.1, -0.05) is 29.8 Å². The standard InChI is InChI=1S/C20H26N4O2/c1-14-6-8-17(9-7-14)12-24-16(3)18(15(2)22-24)10-11-20(26)23(5)13-19(25)21-4/h6-11H,12-13H2,1-5H3,(H,21,25). The van der Waals surface area contributed by atoms with Gasteiger partial charge >= 0.3 is 0 Å². The zero-order chi connectivity index (χ0) is 19.3. The maximum atomic E-state index is 12.2. The molecule has 26 heavy (non-hydrogen) atoms. The Morgan fingerprint density at radius 1 is 1.19 bits per heavy atom. The van der Waals surface area contributed by atoms with Crippen molar-refractivity contribution in [1.29, 1.82) is 0 Å². The minimum atomic E-state index is -0.223.